The van der Waals surface area contributed by atoms with Gasteiger partial charge in [-0.3, -0.25) is 4.98 Å². The number of rotatable bonds is 4. The van der Waals surface area contributed by atoms with Crippen LogP contribution in [0.2, 0.25) is 0 Å². The largest absolute Gasteiger partial charge is 0.479 e. The molecule has 76 valence electrons. The molecular formula is C9H12N2O3. The maximum Gasteiger partial charge on any atom is 0.337 e. The molecule has 1 heterocycles. The Morgan fingerprint density at radius 3 is 2.71 bits per heavy atom. The molecule has 0 radical (unpaired) electrons. The molecule has 0 spiro atoms. The van der Waals surface area contributed by atoms with Gasteiger partial charge in [-0.25, -0.2) is 4.79 Å². The van der Waals surface area contributed by atoms with Crippen molar-refractivity contribution < 1.29 is 15.0 Å². The number of aliphatic carboxylic acids is 1. The SMILES string of the molecule is NC[C@](O)(Cc1ccccn1)C(=O)O. The van der Waals surface area contributed by atoms with Gasteiger partial charge in [0.25, 0.3) is 0 Å². The van der Waals surface area contributed by atoms with Crippen molar-refractivity contribution in [1.29, 1.82) is 0 Å². The highest BCUT2D eigenvalue weighted by Crippen LogP contribution is 2.10. The molecule has 0 amide bonds. The molecule has 1 aromatic rings. The van der Waals surface area contributed by atoms with Crippen LogP contribution < -0.4 is 5.73 Å². The van der Waals surface area contributed by atoms with Gasteiger partial charge in [-0.15, -0.1) is 0 Å². The van der Waals surface area contributed by atoms with E-state index in [2.05, 4.69) is 4.98 Å². The zero-order valence-corrected chi connectivity index (χ0v) is 7.55. The maximum absolute atomic E-state index is 10.7. The summed E-state index contributed by atoms with van der Waals surface area (Å²) in [5, 5.41) is 18.3. The molecular weight excluding hydrogens is 184 g/mol. The van der Waals surface area contributed by atoms with Crippen LogP contribution in [-0.2, 0) is 11.2 Å². The monoisotopic (exact) mass is 196 g/mol. The van der Waals surface area contributed by atoms with Gasteiger partial charge in [0.15, 0.2) is 5.60 Å². The highest BCUT2D eigenvalue weighted by molar-refractivity contribution is 5.77. The van der Waals surface area contributed by atoms with Gasteiger partial charge in [-0.2, -0.15) is 0 Å². The van der Waals surface area contributed by atoms with Crippen LogP contribution in [0, 0.1) is 0 Å². The molecule has 4 N–H and O–H groups in total. The van der Waals surface area contributed by atoms with Crippen LogP contribution in [-0.4, -0.2) is 33.3 Å². The molecule has 1 rings (SSSR count). The Labute approximate surface area is 81.2 Å². The summed E-state index contributed by atoms with van der Waals surface area (Å²) in [5.74, 6) is -1.33. The molecule has 14 heavy (non-hydrogen) atoms. The Hall–Kier alpha value is -1.46. The van der Waals surface area contributed by atoms with Gasteiger partial charge in [0.1, 0.15) is 0 Å². The van der Waals surface area contributed by atoms with E-state index in [9.17, 15) is 9.90 Å². The third kappa shape index (κ3) is 2.27. The fraction of sp³-hybridized carbons (Fsp3) is 0.333. The summed E-state index contributed by atoms with van der Waals surface area (Å²) in [6, 6.07) is 5.08. The number of aromatic nitrogens is 1. The lowest BCUT2D eigenvalue weighted by Gasteiger charge is -2.20. The van der Waals surface area contributed by atoms with E-state index in [1.165, 1.54) is 6.20 Å². The Bertz CT molecular complexity index is 315. The van der Waals surface area contributed by atoms with Crippen LogP contribution in [0.15, 0.2) is 24.4 Å². The van der Waals surface area contributed by atoms with E-state index in [0.717, 1.165) is 0 Å². The first-order valence-corrected chi connectivity index (χ1v) is 4.14. The quantitative estimate of drug-likeness (QED) is 0.597. The van der Waals surface area contributed by atoms with Crippen LogP contribution in [0.25, 0.3) is 0 Å². The Morgan fingerprint density at radius 2 is 2.29 bits per heavy atom. The summed E-state index contributed by atoms with van der Waals surface area (Å²) in [7, 11) is 0. The summed E-state index contributed by atoms with van der Waals surface area (Å²) >= 11 is 0. The van der Waals surface area contributed by atoms with Crippen molar-refractivity contribution in [3.05, 3.63) is 30.1 Å². The van der Waals surface area contributed by atoms with Gasteiger partial charge in [0, 0.05) is 24.9 Å². The smallest absolute Gasteiger partial charge is 0.337 e. The molecule has 5 heteroatoms. The number of pyridine rings is 1. The van der Waals surface area contributed by atoms with Crippen molar-refractivity contribution in [3.8, 4) is 0 Å². The summed E-state index contributed by atoms with van der Waals surface area (Å²) in [4.78, 5) is 14.6. The molecule has 1 atom stereocenters. The van der Waals surface area contributed by atoms with Gasteiger partial charge in [0.05, 0.1) is 0 Å². The number of carboxylic acids is 1. The van der Waals surface area contributed by atoms with Crippen LogP contribution in [0.1, 0.15) is 5.69 Å². The third-order valence-electron chi connectivity index (χ3n) is 1.94. The maximum atomic E-state index is 10.7. The number of hydrogen-bond donors (Lipinski definition) is 3. The van der Waals surface area contributed by atoms with Gasteiger partial charge in [-0.1, -0.05) is 6.07 Å². The number of carboxylic acid groups (broad SMARTS) is 1. The van der Waals surface area contributed by atoms with Gasteiger partial charge in [0.2, 0.25) is 0 Å². The van der Waals surface area contributed by atoms with Crippen molar-refractivity contribution in [1.82, 2.24) is 4.98 Å². The first kappa shape index (κ1) is 10.6. The van der Waals surface area contributed by atoms with Crippen LogP contribution in [0.4, 0.5) is 0 Å². The summed E-state index contributed by atoms with van der Waals surface area (Å²) in [6.07, 6.45) is 1.45. The fourth-order valence-corrected chi connectivity index (χ4v) is 1.04. The number of nitrogens with two attached hydrogens (primary N) is 1. The average Bonchev–Trinajstić information content (AvgIpc) is 2.19. The summed E-state index contributed by atoms with van der Waals surface area (Å²) in [6.45, 7) is -0.334. The molecule has 0 aliphatic carbocycles. The van der Waals surface area contributed by atoms with Crippen molar-refractivity contribution >= 4 is 5.97 Å². The zero-order valence-electron chi connectivity index (χ0n) is 7.55. The summed E-state index contributed by atoms with van der Waals surface area (Å²) in [5.41, 5.74) is 3.78. The lowest BCUT2D eigenvalue weighted by atomic mass is 9.98. The van der Waals surface area contributed by atoms with Crippen LogP contribution in [0.3, 0.4) is 0 Å². The normalized spacial score (nSPS) is 14.7. The third-order valence-corrected chi connectivity index (χ3v) is 1.94. The molecule has 0 unspecified atom stereocenters. The molecule has 0 fully saturated rings. The van der Waals surface area contributed by atoms with Crippen molar-refractivity contribution in [2.24, 2.45) is 5.73 Å². The molecule has 0 saturated carbocycles. The number of nitrogens with zero attached hydrogens (tertiary/aromatic N) is 1. The Balaban J connectivity index is 2.81. The van der Waals surface area contributed by atoms with Crippen molar-refractivity contribution in [2.75, 3.05) is 6.54 Å². The van der Waals surface area contributed by atoms with Gasteiger partial charge >= 0.3 is 5.97 Å². The van der Waals surface area contributed by atoms with Gasteiger partial charge < -0.3 is 15.9 Å². The first-order valence-electron chi connectivity index (χ1n) is 4.14. The topological polar surface area (TPSA) is 96.4 Å². The molecule has 0 bridgehead atoms. The lowest BCUT2D eigenvalue weighted by molar-refractivity contribution is -0.157. The minimum atomic E-state index is -1.92. The van der Waals surface area contributed by atoms with Crippen LogP contribution >= 0.6 is 0 Å². The second-order valence-electron chi connectivity index (χ2n) is 3.04. The second kappa shape index (κ2) is 4.17. The van der Waals surface area contributed by atoms with E-state index < -0.39 is 11.6 Å². The zero-order chi connectivity index (χ0) is 10.6. The highest BCUT2D eigenvalue weighted by atomic mass is 16.4. The van der Waals surface area contributed by atoms with E-state index in [-0.39, 0.29) is 13.0 Å². The van der Waals surface area contributed by atoms with E-state index >= 15 is 0 Å². The minimum Gasteiger partial charge on any atom is -0.479 e. The molecule has 0 aromatic carbocycles. The van der Waals surface area contributed by atoms with E-state index in [0.29, 0.717) is 5.69 Å². The first-order chi connectivity index (χ1) is 6.58. The average molecular weight is 196 g/mol. The Kier molecular flexibility index (Phi) is 3.16. The van der Waals surface area contributed by atoms with Crippen molar-refractivity contribution in [2.45, 2.75) is 12.0 Å². The second-order valence-corrected chi connectivity index (χ2v) is 3.04. The number of aliphatic hydroxyl groups is 1. The molecule has 0 aliphatic rings. The predicted octanol–water partition coefficient (Wildman–Crippen LogP) is -0.602. The van der Waals surface area contributed by atoms with E-state index in [4.69, 9.17) is 10.8 Å². The van der Waals surface area contributed by atoms with Crippen molar-refractivity contribution in [3.63, 3.8) is 0 Å². The number of hydrogen-bond acceptors (Lipinski definition) is 4. The van der Waals surface area contributed by atoms with E-state index in [1.807, 2.05) is 0 Å². The molecule has 1 aromatic heterocycles. The fourth-order valence-electron chi connectivity index (χ4n) is 1.04. The number of carbonyl (C=O) groups is 1. The predicted molar refractivity (Wildman–Crippen MR) is 49.6 cm³/mol. The lowest BCUT2D eigenvalue weighted by Crippen LogP contribution is -2.47. The standard InChI is InChI=1S/C9H12N2O3/c10-6-9(14,8(12)13)5-7-3-1-2-4-11-7/h1-4,14H,5-6,10H2,(H,12,13)/t9-/m1/s1. The molecule has 0 saturated heterocycles. The van der Waals surface area contributed by atoms with Crippen LogP contribution in [0.5, 0.6) is 0 Å². The molecule has 5 nitrogen and oxygen atoms in total. The highest BCUT2D eigenvalue weighted by Gasteiger charge is 2.34. The van der Waals surface area contributed by atoms with E-state index in [1.54, 1.807) is 18.2 Å². The molecule has 0 aliphatic heterocycles. The summed E-state index contributed by atoms with van der Waals surface area (Å²) < 4.78 is 0. The minimum absolute atomic E-state index is 0.0837. The Morgan fingerprint density at radius 1 is 1.57 bits per heavy atom. The van der Waals surface area contributed by atoms with Gasteiger partial charge in [-0.05, 0) is 12.1 Å².